The fraction of sp³-hybridized carbons (Fsp3) is 0.500. The SMILES string of the molecule is COc1cc(C2CCN(C3CCN(C)CC3)CC2)c(C)cc1Nc1ncc(Br)c(Nc2ccc(C)cc2P(C)C)n1. The average Bonchev–Trinajstić information content (AvgIpc) is 2.96. The summed E-state index contributed by atoms with van der Waals surface area (Å²) in [7, 11) is 3.71. The van der Waals surface area contributed by atoms with Crippen molar-refractivity contribution < 1.29 is 4.74 Å². The summed E-state index contributed by atoms with van der Waals surface area (Å²) in [6.07, 6.45) is 6.79. The van der Waals surface area contributed by atoms with Crippen LogP contribution in [0.15, 0.2) is 41.0 Å². The number of likely N-dealkylation sites (tertiary alicyclic amines) is 2. The molecule has 2 aliphatic heterocycles. The molecule has 7 nitrogen and oxygen atoms in total. The van der Waals surface area contributed by atoms with E-state index in [4.69, 9.17) is 9.72 Å². The molecule has 0 bridgehead atoms. The summed E-state index contributed by atoms with van der Waals surface area (Å²) < 4.78 is 6.69. The van der Waals surface area contributed by atoms with E-state index < -0.39 is 0 Å². The minimum absolute atomic E-state index is 0.271. The van der Waals surface area contributed by atoms with Crippen molar-refractivity contribution >= 4 is 52.3 Å². The molecule has 41 heavy (non-hydrogen) atoms. The van der Waals surface area contributed by atoms with Gasteiger partial charge in [0, 0.05) is 17.9 Å². The van der Waals surface area contributed by atoms with Gasteiger partial charge in [0.1, 0.15) is 11.6 Å². The Hall–Kier alpha value is -2.25. The first-order chi connectivity index (χ1) is 19.7. The third kappa shape index (κ3) is 7.22. The molecule has 2 saturated heterocycles. The van der Waals surface area contributed by atoms with Crippen LogP contribution in [0.3, 0.4) is 0 Å². The van der Waals surface area contributed by atoms with Crippen LogP contribution >= 0.6 is 23.9 Å². The maximum atomic E-state index is 5.88. The highest BCUT2D eigenvalue weighted by Gasteiger charge is 2.29. The van der Waals surface area contributed by atoms with E-state index >= 15 is 0 Å². The van der Waals surface area contributed by atoms with Gasteiger partial charge in [0.25, 0.3) is 0 Å². The summed E-state index contributed by atoms with van der Waals surface area (Å²) in [5, 5.41) is 8.29. The Labute approximate surface area is 255 Å². The van der Waals surface area contributed by atoms with Crippen molar-refractivity contribution in [3.8, 4) is 5.75 Å². The maximum absolute atomic E-state index is 5.88. The zero-order valence-electron chi connectivity index (χ0n) is 25.3. The van der Waals surface area contributed by atoms with Gasteiger partial charge in [-0.25, -0.2) is 4.98 Å². The minimum atomic E-state index is -0.271. The van der Waals surface area contributed by atoms with Gasteiger partial charge in [0.15, 0.2) is 0 Å². The first kappa shape index (κ1) is 30.2. The van der Waals surface area contributed by atoms with Gasteiger partial charge in [-0.2, -0.15) is 4.98 Å². The Morgan fingerprint density at radius 2 is 1.68 bits per heavy atom. The van der Waals surface area contributed by atoms with E-state index in [0.717, 1.165) is 33.5 Å². The molecule has 220 valence electrons. The number of piperidine rings is 2. The quantitative estimate of drug-likeness (QED) is 0.258. The number of ether oxygens (including phenoxy) is 1. The summed E-state index contributed by atoms with van der Waals surface area (Å²) >= 11 is 3.63. The number of nitrogens with one attached hydrogen (secondary N) is 2. The molecular formula is C32H44BrN6OP. The van der Waals surface area contributed by atoms with Crippen LogP contribution in [0.1, 0.15) is 48.3 Å². The van der Waals surface area contributed by atoms with Crippen molar-refractivity contribution in [2.75, 3.05) is 64.3 Å². The molecule has 0 radical (unpaired) electrons. The molecule has 2 N–H and O–H groups in total. The van der Waals surface area contributed by atoms with Crippen LogP contribution in [0.4, 0.5) is 23.1 Å². The van der Waals surface area contributed by atoms with Crippen molar-refractivity contribution in [3.63, 3.8) is 0 Å². The normalized spacial score (nSPS) is 17.7. The van der Waals surface area contributed by atoms with E-state index in [2.05, 4.69) is 106 Å². The summed E-state index contributed by atoms with van der Waals surface area (Å²) in [5.74, 6) is 2.64. The van der Waals surface area contributed by atoms with Gasteiger partial charge in [-0.1, -0.05) is 19.6 Å². The number of aromatic nitrogens is 2. The topological polar surface area (TPSA) is 65.6 Å². The maximum Gasteiger partial charge on any atom is 0.229 e. The highest BCUT2D eigenvalue weighted by molar-refractivity contribution is 9.10. The monoisotopic (exact) mass is 638 g/mol. The van der Waals surface area contributed by atoms with E-state index in [1.165, 1.54) is 73.9 Å². The highest BCUT2D eigenvalue weighted by Crippen LogP contribution is 2.38. The lowest BCUT2D eigenvalue weighted by Crippen LogP contribution is -2.46. The second-order valence-electron chi connectivity index (χ2n) is 11.8. The van der Waals surface area contributed by atoms with Crippen molar-refractivity contribution in [1.82, 2.24) is 19.8 Å². The number of anilines is 4. The molecule has 0 amide bonds. The summed E-state index contributed by atoms with van der Waals surface area (Å²) in [6, 6.07) is 11.7. The standard InChI is InChI=1S/C32H44BrN6OP/c1-21-7-8-27(30(17-21)41(5)6)35-31-26(33)20-34-32(37-31)36-28-18-22(2)25(19-29(28)40-4)23-9-15-39(16-10-23)24-11-13-38(3)14-12-24/h7-8,17-20,23-24H,9-16H2,1-6H3,(H2,34,35,36,37). The zero-order valence-corrected chi connectivity index (χ0v) is 27.8. The van der Waals surface area contributed by atoms with Crippen LogP contribution in [0, 0.1) is 13.8 Å². The fourth-order valence-electron chi connectivity index (χ4n) is 6.23. The van der Waals surface area contributed by atoms with Gasteiger partial charge < -0.3 is 25.2 Å². The molecule has 3 heterocycles. The first-order valence-corrected chi connectivity index (χ1v) is 17.7. The number of nitrogens with zero attached hydrogens (tertiary/aromatic N) is 4. The van der Waals surface area contributed by atoms with Gasteiger partial charge in [0.05, 0.1) is 17.3 Å². The number of hydrogen-bond acceptors (Lipinski definition) is 7. The molecule has 0 aliphatic carbocycles. The number of rotatable bonds is 8. The molecule has 5 rings (SSSR count). The van der Waals surface area contributed by atoms with Gasteiger partial charge in [-0.15, -0.1) is 0 Å². The van der Waals surface area contributed by atoms with Gasteiger partial charge in [0.2, 0.25) is 5.95 Å². The Bertz CT molecular complexity index is 1350. The molecule has 0 atom stereocenters. The van der Waals surface area contributed by atoms with Crippen LogP contribution in [0.25, 0.3) is 0 Å². The van der Waals surface area contributed by atoms with Crippen molar-refractivity contribution in [2.45, 2.75) is 51.5 Å². The molecule has 2 aromatic carbocycles. The molecule has 0 spiro atoms. The Kier molecular flexibility index (Phi) is 9.85. The Morgan fingerprint density at radius 1 is 0.951 bits per heavy atom. The second kappa shape index (κ2) is 13.4. The molecule has 3 aromatic rings. The van der Waals surface area contributed by atoms with Gasteiger partial charge in [-0.3, -0.25) is 0 Å². The highest BCUT2D eigenvalue weighted by atomic mass is 79.9. The van der Waals surface area contributed by atoms with Crippen LogP contribution in [0.5, 0.6) is 5.75 Å². The number of aryl methyl sites for hydroxylation is 2. The largest absolute Gasteiger partial charge is 0.495 e. The number of hydrogen-bond donors (Lipinski definition) is 2. The number of benzene rings is 2. The number of halogens is 1. The zero-order chi connectivity index (χ0) is 29.1. The predicted octanol–water partition coefficient (Wildman–Crippen LogP) is 6.99. The lowest BCUT2D eigenvalue weighted by molar-refractivity contribution is 0.0965. The lowest BCUT2D eigenvalue weighted by atomic mass is 9.85. The van der Waals surface area contributed by atoms with E-state index in [1.54, 1.807) is 13.3 Å². The van der Waals surface area contributed by atoms with Crippen LogP contribution in [-0.2, 0) is 0 Å². The predicted molar refractivity (Wildman–Crippen MR) is 178 cm³/mol. The van der Waals surface area contributed by atoms with Crippen LogP contribution in [-0.4, -0.2) is 79.5 Å². The van der Waals surface area contributed by atoms with Gasteiger partial charge >= 0.3 is 0 Å². The molecular weight excluding hydrogens is 595 g/mol. The van der Waals surface area contributed by atoms with E-state index in [9.17, 15) is 0 Å². The molecule has 2 aliphatic rings. The Morgan fingerprint density at radius 3 is 2.37 bits per heavy atom. The van der Waals surface area contributed by atoms with Crippen LogP contribution < -0.4 is 20.7 Å². The van der Waals surface area contributed by atoms with Gasteiger partial charge in [-0.05, 0) is 149 Å². The lowest BCUT2D eigenvalue weighted by Gasteiger charge is -2.41. The van der Waals surface area contributed by atoms with Crippen molar-refractivity contribution in [3.05, 3.63) is 57.7 Å². The third-order valence-electron chi connectivity index (χ3n) is 8.64. The van der Waals surface area contributed by atoms with Crippen molar-refractivity contribution in [2.24, 2.45) is 0 Å². The van der Waals surface area contributed by atoms with Crippen molar-refractivity contribution in [1.29, 1.82) is 0 Å². The molecule has 1 aromatic heterocycles. The average molecular weight is 640 g/mol. The second-order valence-corrected chi connectivity index (χ2v) is 14.9. The van der Waals surface area contributed by atoms with Crippen LogP contribution in [0.2, 0.25) is 0 Å². The Balaban J connectivity index is 1.30. The molecule has 2 fully saturated rings. The summed E-state index contributed by atoms with van der Waals surface area (Å²) in [5.41, 5.74) is 5.91. The molecule has 9 heteroatoms. The summed E-state index contributed by atoms with van der Waals surface area (Å²) in [4.78, 5) is 14.6. The fourth-order valence-corrected chi connectivity index (χ4v) is 7.59. The molecule has 0 saturated carbocycles. The number of methoxy groups -OCH3 is 1. The third-order valence-corrected chi connectivity index (χ3v) is 10.6. The van der Waals surface area contributed by atoms with E-state index in [-0.39, 0.29) is 7.92 Å². The summed E-state index contributed by atoms with van der Waals surface area (Å²) in [6.45, 7) is 13.7. The van der Waals surface area contributed by atoms with E-state index in [1.807, 2.05) is 0 Å². The first-order valence-electron chi connectivity index (χ1n) is 14.7. The smallest absolute Gasteiger partial charge is 0.229 e. The van der Waals surface area contributed by atoms with E-state index in [0.29, 0.717) is 11.9 Å². The molecule has 0 unspecified atom stereocenters. The minimum Gasteiger partial charge on any atom is -0.495 e.